The molecule has 1 aromatic heterocycles. The van der Waals surface area contributed by atoms with E-state index in [2.05, 4.69) is 58.7 Å². The number of carbonyl (C=O) groups excluding carboxylic acids is 1. The molecule has 0 unspecified atom stereocenters. The van der Waals surface area contributed by atoms with Crippen LogP contribution in [0, 0.1) is 0 Å². The van der Waals surface area contributed by atoms with Gasteiger partial charge in [0.1, 0.15) is 5.69 Å². The Kier molecular flexibility index (Phi) is 6.09. The summed E-state index contributed by atoms with van der Waals surface area (Å²) in [5.74, 6) is 0.270. The fourth-order valence-corrected chi connectivity index (χ4v) is 5.27. The van der Waals surface area contributed by atoms with Crippen molar-refractivity contribution in [1.82, 2.24) is 4.98 Å². The van der Waals surface area contributed by atoms with Gasteiger partial charge in [-0.3, -0.25) is 4.79 Å². The molecule has 0 radical (unpaired) electrons. The first-order valence-electron chi connectivity index (χ1n) is 12.9. The molecule has 7 heteroatoms. The number of carbonyl (C=O) groups is 1. The fourth-order valence-electron chi connectivity index (χ4n) is 5.27. The maximum Gasteiger partial charge on any atom is 0.497 e. The van der Waals surface area contributed by atoms with Gasteiger partial charge in [0.2, 0.25) is 0 Å². The summed E-state index contributed by atoms with van der Waals surface area (Å²) in [6, 6.07) is 16.1. The lowest BCUT2D eigenvalue weighted by molar-refractivity contribution is -0.0592. The zero-order valence-electron chi connectivity index (χ0n) is 22.5. The molecular formula is C29H37BN2O4. The zero-order valence-corrected chi connectivity index (χ0v) is 22.5. The van der Waals surface area contributed by atoms with Gasteiger partial charge in [0.15, 0.2) is 0 Å². The van der Waals surface area contributed by atoms with Crippen LogP contribution in [0.1, 0.15) is 76.4 Å². The number of fused-ring (bicyclic) bond motifs is 1. The van der Waals surface area contributed by atoms with E-state index in [9.17, 15) is 4.79 Å². The molecule has 1 amide bonds. The van der Waals surface area contributed by atoms with Crippen LogP contribution in [0.2, 0.25) is 0 Å². The van der Waals surface area contributed by atoms with Crippen LogP contribution in [0.3, 0.4) is 0 Å². The molecule has 1 atom stereocenters. The highest BCUT2D eigenvalue weighted by atomic mass is 16.7. The quantitative estimate of drug-likeness (QED) is 0.499. The predicted molar refractivity (Wildman–Crippen MR) is 145 cm³/mol. The van der Waals surface area contributed by atoms with Gasteiger partial charge in [-0.25, -0.2) is 0 Å². The third kappa shape index (κ3) is 4.49. The summed E-state index contributed by atoms with van der Waals surface area (Å²) in [7, 11) is 1.27. The van der Waals surface area contributed by atoms with Crippen molar-refractivity contribution in [2.45, 2.75) is 77.1 Å². The first kappa shape index (κ1) is 25.1. The largest absolute Gasteiger partial charge is 0.497 e. The number of aromatic amines is 1. The molecule has 2 aliphatic rings. The van der Waals surface area contributed by atoms with Crippen molar-refractivity contribution in [3.8, 4) is 0 Å². The third-order valence-corrected chi connectivity index (χ3v) is 8.14. The van der Waals surface area contributed by atoms with Crippen LogP contribution < -0.4 is 10.4 Å². The van der Waals surface area contributed by atoms with Crippen LogP contribution in [-0.2, 0) is 14.0 Å². The molecule has 2 saturated heterocycles. The Morgan fingerprint density at radius 2 is 1.67 bits per heavy atom. The van der Waals surface area contributed by atoms with E-state index in [0.717, 1.165) is 41.5 Å². The first-order valence-corrected chi connectivity index (χ1v) is 12.9. The van der Waals surface area contributed by atoms with Crippen molar-refractivity contribution in [2.75, 3.05) is 18.6 Å². The van der Waals surface area contributed by atoms with Crippen molar-refractivity contribution in [2.24, 2.45) is 0 Å². The minimum Gasteiger partial charge on any atom is -0.399 e. The molecule has 190 valence electrons. The van der Waals surface area contributed by atoms with Gasteiger partial charge in [-0.2, -0.15) is 0 Å². The summed E-state index contributed by atoms with van der Waals surface area (Å²) in [4.78, 5) is 18.5. The number of rotatable bonds is 4. The number of nitrogens with zero attached hydrogens (tertiary/aromatic N) is 1. The molecule has 0 saturated carbocycles. The lowest BCUT2D eigenvalue weighted by Gasteiger charge is -2.36. The van der Waals surface area contributed by atoms with E-state index in [-0.39, 0.29) is 11.5 Å². The normalized spacial score (nSPS) is 22.6. The van der Waals surface area contributed by atoms with Crippen LogP contribution in [0.15, 0.2) is 48.5 Å². The van der Waals surface area contributed by atoms with Crippen molar-refractivity contribution >= 4 is 35.1 Å². The molecular weight excluding hydrogens is 451 g/mol. The summed E-state index contributed by atoms with van der Waals surface area (Å²) in [5.41, 5.74) is 3.35. The van der Waals surface area contributed by atoms with E-state index in [1.165, 1.54) is 5.56 Å². The van der Waals surface area contributed by atoms with E-state index in [0.29, 0.717) is 11.6 Å². The number of para-hydroxylation sites is 1. The van der Waals surface area contributed by atoms with Crippen LogP contribution in [-0.4, -0.2) is 48.5 Å². The van der Waals surface area contributed by atoms with Crippen molar-refractivity contribution in [1.29, 1.82) is 0 Å². The highest BCUT2D eigenvalue weighted by molar-refractivity contribution is 6.65. The van der Waals surface area contributed by atoms with E-state index >= 15 is 0 Å². The second kappa shape index (κ2) is 8.75. The highest BCUT2D eigenvalue weighted by Crippen LogP contribution is 2.39. The van der Waals surface area contributed by atoms with Gasteiger partial charge >= 0.3 is 7.12 Å². The Morgan fingerprint density at radius 1 is 1.00 bits per heavy atom. The lowest BCUT2D eigenvalue weighted by Crippen LogP contribution is -2.41. The molecule has 2 fully saturated rings. The molecule has 0 spiro atoms. The van der Waals surface area contributed by atoms with Crippen LogP contribution in [0.4, 0.5) is 5.69 Å². The number of benzene rings is 2. The SMILES string of the molecule is CN(C(=O)c1cc2cc([C@H]3CCOC(C)(C)C3)cc(B3OC(C)(C)C(C)(C)O3)c2[nH]1)c1ccccc1. The number of amides is 1. The van der Waals surface area contributed by atoms with Crippen LogP contribution >= 0.6 is 0 Å². The molecule has 0 bridgehead atoms. The number of ether oxygens (including phenoxy) is 1. The molecule has 0 aliphatic carbocycles. The summed E-state index contributed by atoms with van der Waals surface area (Å²) in [6.07, 6.45) is 1.90. The summed E-state index contributed by atoms with van der Waals surface area (Å²) in [5, 5.41) is 0.992. The lowest BCUT2D eigenvalue weighted by atomic mass is 9.74. The van der Waals surface area contributed by atoms with E-state index < -0.39 is 18.3 Å². The standard InChI is InChI=1S/C29H37BN2O4/c1-27(2)18-19(13-14-34-27)20-15-21-17-24(26(33)32(7)22-11-9-8-10-12-22)31-25(21)23(16-20)30-35-28(3,4)29(5,6)36-30/h8-12,15-17,19,31H,13-14,18H2,1-7H3/t19-/m0/s1. The Balaban J connectivity index is 1.59. The Labute approximate surface area is 214 Å². The smallest absolute Gasteiger partial charge is 0.399 e. The van der Waals surface area contributed by atoms with Gasteiger partial charge in [-0.1, -0.05) is 24.3 Å². The maximum atomic E-state index is 13.4. The maximum absolute atomic E-state index is 13.4. The molecule has 6 nitrogen and oxygen atoms in total. The number of hydrogen-bond donors (Lipinski definition) is 1. The summed E-state index contributed by atoms with van der Waals surface area (Å²) < 4.78 is 18.9. The van der Waals surface area contributed by atoms with Gasteiger partial charge in [-0.05, 0) is 90.1 Å². The number of aromatic nitrogens is 1. The molecule has 3 aromatic rings. The third-order valence-electron chi connectivity index (χ3n) is 8.14. The van der Waals surface area contributed by atoms with Gasteiger partial charge in [-0.15, -0.1) is 0 Å². The van der Waals surface area contributed by atoms with Gasteiger partial charge < -0.3 is 23.9 Å². The Hall–Kier alpha value is -2.61. The highest BCUT2D eigenvalue weighted by Gasteiger charge is 2.52. The molecule has 2 aliphatic heterocycles. The second-order valence-electron chi connectivity index (χ2n) is 11.8. The summed E-state index contributed by atoms with van der Waals surface area (Å²) >= 11 is 0. The van der Waals surface area contributed by atoms with Crippen molar-refractivity contribution in [3.05, 3.63) is 59.8 Å². The molecule has 36 heavy (non-hydrogen) atoms. The van der Waals surface area contributed by atoms with Crippen molar-refractivity contribution in [3.63, 3.8) is 0 Å². The molecule has 1 N–H and O–H groups in total. The number of H-pyrrole nitrogens is 1. The molecule has 3 heterocycles. The van der Waals surface area contributed by atoms with Crippen LogP contribution in [0.5, 0.6) is 0 Å². The fraction of sp³-hybridized carbons (Fsp3) is 0.483. The summed E-state index contributed by atoms with van der Waals surface area (Å²) in [6.45, 7) is 13.3. The second-order valence-corrected chi connectivity index (χ2v) is 11.8. The van der Waals surface area contributed by atoms with E-state index in [1.807, 2.05) is 36.4 Å². The van der Waals surface area contributed by atoms with Crippen molar-refractivity contribution < 1.29 is 18.8 Å². The minimum absolute atomic E-state index is 0.0916. The van der Waals surface area contributed by atoms with Gasteiger partial charge in [0.05, 0.1) is 16.8 Å². The predicted octanol–water partition coefficient (Wildman–Crippen LogP) is 5.42. The Morgan fingerprint density at radius 3 is 2.31 bits per heavy atom. The minimum atomic E-state index is -0.529. The number of nitrogens with one attached hydrogen (secondary N) is 1. The zero-order chi connectivity index (χ0) is 25.9. The van der Waals surface area contributed by atoms with Gasteiger partial charge in [0, 0.05) is 35.7 Å². The van der Waals surface area contributed by atoms with E-state index in [1.54, 1.807) is 11.9 Å². The van der Waals surface area contributed by atoms with E-state index in [4.69, 9.17) is 14.0 Å². The van der Waals surface area contributed by atoms with Gasteiger partial charge in [0.25, 0.3) is 5.91 Å². The average Bonchev–Trinajstić information content (AvgIpc) is 3.34. The first-order chi connectivity index (χ1) is 16.9. The molecule has 2 aromatic carbocycles. The number of anilines is 1. The Bertz CT molecular complexity index is 1270. The van der Waals surface area contributed by atoms with Crippen LogP contribution in [0.25, 0.3) is 10.9 Å². The monoisotopic (exact) mass is 488 g/mol. The molecule has 5 rings (SSSR count). The average molecular weight is 488 g/mol. The topological polar surface area (TPSA) is 63.8 Å². The number of hydrogen-bond acceptors (Lipinski definition) is 4.